The van der Waals surface area contributed by atoms with Crippen LogP contribution in [0.25, 0.3) is 0 Å². The molecule has 1 atom stereocenters. The third-order valence-electron chi connectivity index (χ3n) is 4.13. The summed E-state index contributed by atoms with van der Waals surface area (Å²) in [6, 6.07) is 17.0. The van der Waals surface area contributed by atoms with E-state index in [1.165, 1.54) is 0 Å². The van der Waals surface area contributed by atoms with E-state index in [0.717, 1.165) is 28.6 Å². The average Bonchev–Trinajstić information content (AvgIpc) is 3.03. The fourth-order valence-corrected chi connectivity index (χ4v) is 4.05. The first kappa shape index (κ1) is 17.2. The average molecular weight is 349 g/mol. The lowest BCUT2D eigenvalue weighted by Gasteiger charge is -2.23. The van der Waals surface area contributed by atoms with Crippen LogP contribution < -0.4 is 0 Å². The lowest BCUT2D eigenvalue weighted by molar-refractivity contribution is 0.0819. The molecule has 1 aliphatic heterocycles. The quantitative estimate of drug-likeness (QED) is 0.818. The minimum atomic E-state index is -0.0969. The molecule has 0 saturated carbocycles. The molecule has 0 radical (unpaired) electrons. The van der Waals surface area contributed by atoms with Gasteiger partial charge in [0.1, 0.15) is 0 Å². The Kier molecular flexibility index (Phi) is 5.20. The molecule has 4 nitrogen and oxygen atoms in total. The third-order valence-corrected chi connectivity index (χ3v) is 5.23. The number of aryl methyl sites for hydroxylation is 1. The Hall–Kier alpha value is -2.58. The molecule has 0 unspecified atom stereocenters. The van der Waals surface area contributed by atoms with Crippen molar-refractivity contribution in [1.82, 2.24) is 4.90 Å². The number of benzene rings is 2. The summed E-state index contributed by atoms with van der Waals surface area (Å²) in [5.41, 5.74) is 3.00. The zero-order valence-electron chi connectivity index (χ0n) is 14.3. The van der Waals surface area contributed by atoms with Crippen molar-refractivity contribution in [3.63, 3.8) is 0 Å². The number of thioether (sulfide) groups is 1. The van der Waals surface area contributed by atoms with Crippen molar-refractivity contribution >= 4 is 28.5 Å². The van der Waals surface area contributed by atoms with E-state index in [-0.39, 0.29) is 11.9 Å². The first-order valence-corrected chi connectivity index (χ1v) is 9.23. The van der Waals surface area contributed by atoms with Gasteiger partial charge in [0.25, 0.3) is 5.91 Å². The minimum absolute atomic E-state index is 0.0969. The summed E-state index contributed by atoms with van der Waals surface area (Å²) < 4.78 is 0. The van der Waals surface area contributed by atoms with Gasteiger partial charge in [-0.1, -0.05) is 36.9 Å². The van der Waals surface area contributed by atoms with E-state index in [0.29, 0.717) is 11.1 Å². The monoisotopic (exact) mass is 349 g/mol. The zero-order valence-corrected chi connectivity index (χ0v) is 15.1. The second-order valence-electron chi connectivity index (χ2n) is 5.97. The molecule has 25 heavy (non-hydrogen) atoms. The number of rotatable bonds is 3. The molecule has 1 heterocycles. The van der Waals surface area contributed by atoms with Gasteiger partial charge >= 0.3 is 0 Å². The second kappa shape index (κ2) is 7.54. The Bertz CT molecular complexity index is 869. The summed E-state index contributed by atoms with van der Waals surface area (Å²) in [5, 5.41) is 9.80. The van der Waals surface area contributed by atoms with Crippen molar-refractivity contribution in [1.29, 1.82) is 5.26 Å². The molecule has 1 aliphatic rings. The van der Waals surface area contributed by atoms with Crippen LogP contribution in [0.4, 0.5) is 5.69 Å². The lowest BCUT2D eigenvalue weighted by Crippen LogP contribution is -2.39. The normalized spacial score (nSPS) is 18.4. The molecule has 2 aromatic rings. The van der Waals surface area contributed by atoms with Gasteiger partial charge in [-0.15, -0.1) is 0 Å². The molecule has 1 fully saturated rings. The van der Waals surface area contributed by atoms with E-state index in [1.807, 2.05) is 31.2 Å². The van der Waals surface area contributed by atoms with Crippen LogP contribution in [0.3, 0.4) is 0 Å². The fourth-order valence-electron chi connectivity index (χ4n) is 2.78. The first-order chi connectivity index (χ1) is 12.1. The van der Waals surface area contributed by atoms with E-state index in [9.17, 15) is 4.79 Å². The van der Waals surface area contributed by atoms with Crippen molar-refractivity contribution in [2.75, 3.05) is 5.75 Å². The van der Waals surface area contributed by atoms with E-state index in [1.54, 1.807) is 40.9 Å². The molecule has 0 aromatic heterocycles. The molecule has 126 valence electrons. The summed E-state index contributed by atoms with van der Waals surface area (Å²) in [6.07, 6.45) is 0.865. The number of amidine groups is 1. The Morgan fingerprint density at radius 1 is 1.32 bits per heavy atom. The van der Waals surface area contributed by atoms with Crippen molar-refractivity contribution in [2.24, 2.45) is 4.99 Å². The standard InChI is InChI=1S/C20H19N3OS/c1-3-18-13-25-20(22-17-9-4-6-14(2)10-17)23(18)19(24)16-8-5-7-15(11-16)12-21/h4-11,18H,3,13H2,1-2H3/t18-/m1/s1. The molecule has 0 bridgehead atoms. The third kappa shape index (κ3) is 3.75. The number of nitrogens with zero attached hydrogens (tertiary/aromatic N) is 3. The highest BCUT2D eigenvalue weighted by atomic mass is 32.2. The molecule has 1 saturated heterocycles. The van der Waals surface area contributed by atoms with Gasteiger partial charge in [-0.05, 0) is 49.2 Å². The van der Waals surface area contributed by atoms with Crippen LogP contribution in [0.2, 0.25) is 0 Å². The molecular formula is C20H19N3OS. The Labute approximate surface area is 152 Å². The first-order valence-electron chi connectivity index (χ1n) is 8.24. The molecule has 3 rings (SSSR count). The number of hydrogen-bond acceptors (Lipinski definition) is 4. The summed E-state index contributed by atoms with van der Waals surface area (Å²) >= 11 is 1.61. The largest absolute Gasteiger partial charge is 0.283 e. The summed E-state index contributed by atoms with van der Waals surface area (Å²) in [6.45, 7) is 4.10. The van der Waals surface area contributed by atoms with Gasteiger partial charge in [0.2, 0.25) is 0 Å². The van der Waals surface area contributed by atoms with Gasteiger partial charge in [-0.2, -0.15) is 5.26 Å². The van der Waals surface area contributed by atoms with Crippen LogP contribution in [-0.4, -0.2) is 27.8 Å². The molecule has 0 N–H and O–H groups in total. The summed E-state index contributed by atoms with van der Waals surface area (Å²) in [7, 11) is 0. The number of aliphatic imine (C=N–C) groups is 1. The van der Waals surface area contributed by atoms with E-state index in [4.69, 9.17) is 10.3 Å². The number of carbonyl (C=O) groups is 1. The minimum Gasteiger partial charge on any atom is -0.283 e. The predicted octanol–water partition coefficient (Wildman–Crippen LogP) is 4.52. The predicted molar refractivity (Wildman–Crippen MR) is 102 cm³/mol. The smallest absolute Gasteiger partial charge is 0.260 e. The van der Waals surface area contributed by atoms with Crippen LogP contribution >= 0.6 is 11.8 Å². The van der Waals surface area contributed by atoms with Crippen LogP contribution in [0.1, 0.15) is 34.8 Å². The second-order valence-corrected chi connectivity index (χ2v) is 6.96. The van der Waals surface area contributed by atoms with Crippen molar-refractivity contribution < 1.29 is 4.79 Å². The van der Waals surface area contributed by atoms with E-state index in [2.05, 4.69) is 13.0 Å². The van der Waals surface area contributed by atoms with Crippen LogP contribution in [0.5, 0.6) is 0 Å². The molecule has 1 amide bonds. The van der Waals surface area contributed by atoms with Gasteiger partial charge in [0.15, 0.2) is 5.17 Å². The summed E-state index contributed by atoms with van der Waals surface area (Å²) in [5.74, 6) is 0.741. The molecular weight excluding hydrogens is 330 g/mol. The maximum Gasteiger partial charge on any atom is 0.260 e. The lowest BCUT2D eigenvalue weighted by atomic mass is 10.1. The highest BCUT2D eigenvalue weighted by molar-refractivity contribution is 8.14. The number of hydrogen-bond donors (Lipinski definition) is 0. The van der Waals surface area contributed by atoms with Gasteiger partial charge in [-0.25, -0.2) is 4.99 Å². The van der Waals surface area contributed by atoms with Crippen LogP contribution in [0, 0.1) is 18.3 Å². The molecule has 0 spiro atoms. The fraction of sp³-hybridized carbons (Fsp3) is 0.250. The Morgan fingerprint density at radius 3 is 2.84 bits per heavy atom. The maximum atomic E-state index is 13.1. The van der Waals surface area contributed by atoms with Gasteiger partial charge < -0.3 is 0 Å². The van der Waals surface area contributed by atoms with Gasteiger partial charge in [0, 0.05) is 17.4 Å². The SMILES string of the molecule is CC[C@@H]1CSC(=Nc2cccc(C)c2)N1C(=O)c1cccc(C#N)c1. The van der Waals surface area contributed by atoms with E-state index < -0.39 is 0 Å². The Balaban J connectivity index is 1.97. The number of carbonyl (C=O) groups excluding carboxylic acids is 1. The van der Waals surface area contributed by atoms with E-state index >= 15 is 0 Å². The zero-order chi connectivity index (χ0) is 17.8. The van der Waals surface area contributed by atoms with Crippen molar-refractivity contribution in [3.05, 3.63) is 65.2 Å². The number of amides is 1. The van der Waals surface area contributed by atoms with Crippen molar-refractivity contribution in [3.8, 4) is 6.07 Å². The van der Waals surface area contributed by atoms with Crippen LogP contribution in [0.15, 0.2) is 53.5 Å². The van der Waals surface area contributed by atoms with Gasteiger partial charge in [0.05, 0.1) is 17.3 Å². The topological polar surface area (TPSA) is 56.5 Å². The highest BCUT2D eigenvalue weighted by Crippen LogP contribution is 2.30. The molecule has 5 heteroatoms. The van der Waals surface area contributed by atoms with Crippen LogP contribution in [-0.2, 0) is 0 Å². The Morgan fingerprint density at radius 2 is 2.12 bits per heavy atom. The molecule has 2 aromatic carbocycles. The molecule has 0 aliphatic carbocycles. The summed E-state index contributed by atoms with van der Waals surface area (Å²) in [4.78, 5) is 19.6. The van der Waals surface area contributed by atoms with Gasteiger partial charge in [-0.3, -0.25) is 9.69 Å². The highest BCUT2D eigenvalue weighted by Gasteiger charge is 2.34. The van der Waals surface area contributed by atoms with Crippen molar-refractivity contribution in [2.45, 2.75) is 26.3 Å². The maximum absolute atomic E-state index is 13.1. The number of nitriles is 1.